The molecule has 2 heterocycles. The predicted molar refractivity (Wildman–Crippen MR) is 86.6 cm³/mol. The average Bonchev–Trinajstić information content (AvgIpc) is 3.30. The van der Waals surface area contributed by atoms with Crippen LogP contribution in [0.1, 0.15) is 10.4 Å². The predicted octanol–water partition coefficient (Wildman–Crippen LogP) is 3.32. The topological polar surface area (TPSA) is 87.6 Å². The number of rotatable bonds is 7. The Kier molecular flexibility index (Phi) is 4.85. The zero-order valence-corrected chi connectivity index (χ0v) is 13.8. The summed E-state index contributed by atoms with van der Waals surface area (Å²) in [4.78, 5) is 12.3. The molecular formula is C16H14N2O5S. The molecule has 7 nitrogen and oxygen atoms in total. The normalized spacial score (nSPS) is 10.6. The van der Waals surface area contributed by atoms with Crippen molar-refractivity contribution in [2.75, 3.05) is 20.0 Å². The molecule has 124 valence electrons. The van der Waals surface area contributed by atoms with Gasteiger partial charge in [-0.15, -0.1) is 10.2 Å². The third-order valence-electron chi connectivity index (χ3n) is 3.17. The number of aromatic nitrogens is 2. The fourth-order valence-electron chi connectivity index (χ4n) is 1.99. The van der Waals surface area contributed by atoms with Gasteiger partial charge in [0.1, 0.15) is 0 Å². The summed E-state index contributed by atoms with van der Waals surface area (Å²) in [6.45, 7) is 0. The number of carbonyl (C=O) groups excluding carboxylic acids is 1. The number of hydrogen-bond acceptors (Lipinski definition) is 8. The van der Waals surface area contributed by atoms with Crippen molar-refractivity contribution in [1.82, 2.24) is 10.2 Å². The molecule has 0 fully saturated rings. The lowest BCUT2D eigenvalue weighted by Crippen LogP contribution is -2.03. The van der Waals surface area contributed by atoms with Crippen LogP contribution >= 0.6 is 11.8 Å². The zero-order valence-electron chi connectivity index (χ0n) is 13.0. The van der Waals surface area contributed by atoms with Crippen LogP contribution in [-0.2, 0) is 0 Å². The summed E-state index contributed by atoms with van der Waals surface area (Å²) in [5, 5.41) is 8.07. The summed E-state index contributed by atoms with van der Waals surface area (Å²) in [6, 6.07) is 8.47. The van der Waals surface area contributed by atoms with Crippen molar-refractivity contribution in [3.63, 3.8) is 0 Å². The van der Waals surface area contributed by atoms with E-state index in [1.165, 1.54) is 13.4 Å². The first-order valence-electron chi connectivity index (χ1n) is 6.96. The van der Waals surface area contributed by atoms with Crippen molar-refractivity contribution in [3.8, 4) is 23.1 Å². The number of ketones is 1. The Morgan fingerprint density at radius 2 is 2.00 bits per heavy atom. The maximum atomic E-state index is 12.3. The maximum Gasteiger partial charge on any atom is 0.284 e. The molecule has 0 amide bonds. The van der Waals surface area contributed by atoms with Gasteiger partial charge in [-0.1, -0.05) is 11.8 Å². The second-order valence-corrected chi connectivity index (χ2v) is 5.56. The Balaban J connectivity index is 1.65. The molecule has 0 aliphatic rings. The summed E-state index contributed by atoms with van der Waals surface area (Å²) in [7, 11) is 3.07. The van der Waals surface area contributed by atoms with Crippen LogP contribution in [0.5, 0.6) is 11.5 Å². The number of carbonyl (C=O) groups is 1. The molecule has 8 heteroatoms. The van der Waals surface area contributed by atoms with E-state index in [2.05, 4.69) is 10.2 Å². The van der Waals surface area contributed by atoms with Crippen molar-refractivity contribution in [2.45, 2.75) is 5.22 Å². The van der Waals surface area contributed by atoms with E-state index in [0.29, 0.717) is 28.0 Å². The van der Waals surface area contributed by atoms with Gasteiger partial charge in [-0.3, -0.25) is 4.79 Å². The molecule has 0 atom stereocenters. The molecule has 1 aromatic carbocycles. The lowest BCUT2D eigenvalue weighted by Gasteiger charge is -2.08. The molecule has 3 aromatic rings. The summed E-state index contributed by atoms with van der Waals surface area (Å²) < 4.78 is 21.0. The molecule has 0 aliphatic carbocycles. The van der Waals surface area contributed by atoms with Crippen LogP contribution < -0.4 is 9.47 Å². The number of methoxy groups -OCH3 is 2. The first-order chi connectivity index (χ1) is 11.7. The molecule has 3 rings (SSSR count). The lowest BCUT2D eigenvalue weighted by atomic mass is 10.1. The average molecular weight is 346 g/mol. The standard InChI is InChI=1S/C16H14N2O5S/c1-20-12-6-5-10(8-14(12)21-2)11(19)9-24-16-18-17-15(23-16)13-4-3-7-22-13/h3-8H,9H2,1-2H3. The van der Waals surface area contributed by atoms with E-state index in [9.17, 15) is 4.79 Å². The van der Waals surface area contributed by atoms with Gasteiger partial charge < -0.3 is 18.3 Å². The number of ether oxygens (including phenoxy) is 2. The third kappa shape index (κ3) is 3.43. The molecule has 0 aliphatic heterocycles. The van der Waals surface area contributed by atoms with E-state index in [1.807, 2.05) is 0 Å². The number of nitrogens with zero attached hydrogens (tertiary/aromatic N) is 2. The molecule has 0 unspecified atom stereocenters. The monoisotopic (exact) mass is 346 g/mol. The minimum Gasteiger partial charge on any atom is -0.493 e. The van der Waals surface area contributed by atoms with E-state index in [-0.39, 0.29) is 17.4 Å². The quantitative estimate of drug-likeness (QED) is 0.475. The van der Waals surface area contributed by atoms with Crippen LogP contribution in [0.3, 0.4) is 0 Å². The largest absolute Gasteiger partial charge is 0.493 e. The minimum absolute atomic E-state index is 0.0845. The van der Waals surface area contributed by atoms with E-state index in [4.69, 9.17) is 18.3 Å². The fraction of sp³-hybridized carbons (Fsp3) is 0.188. The zero-order chi connectivity index (χ0) is 16.9. The number of Topliss-reactive ketones (excluding diaryl/α,β-unsaturated/α-hetero) is 1. The van der Waals surface area contributed by atoms with Crippen LogP contribution in [0, 0.1) is 0 Å². The SMILES string of the molecule is COc1ccc(C(=O)CSc2nnc(-c3ccco3)o2)cc1OC. The van der Waals surface area contributed by atoms with Crippen LogP contribution in [0.25, 0.3) is 11.7 Å². The van der Waals surface area contributed by atoms with Crippen LogP contribution in [0.2, 0.25) is 0 Å². The van der Waals surface area contributed by atoms with Crippen LogP contribution in [0.4, 0.5) is 0 Å². The van der Waals surface area contributed by atoms with Crippen LogP contribution in [-0.4, -0.2) is 36.0 Å². The lowest BCUT2D eigenvalue weighted by molar-refractivity contribution is 0.102. The smallest absolute Gasteiger partial charge is 0.284 e. The van der Waals surface area contributed by atoms with Crippen molar-refractivity contribution < 1.29 is 23.1 Å². The highest BCUT2D eigenvalue weighted by Crippen LogP contribution is 2.29. The molecule has 0 radical (unpaired) electrons. The third-order valence-corrected chi connectivity index (χ3v) is 3.99. The van der Waals surface area contributed by atoms with E-state index in [1.54, 1.807) is 37.4 Å². The first kappa shape index (κ1) is 16.1. The van der Waals surface area contributed by atoms with E-state index in [0.717, 1.165) is 11.8 Å². The van der Waals surface area contributed by atoms with Gasteiger partial charge in [0, 0.05) is 5.56 Å². The Morgan fingerprint density at radius 1 is 1.17 bits per heavy atom. The van der Waals surface area contributed by atoms with Crippen molar-refractivity contribution >= 4 is 17.5 Å². The van der Waals surface area contributed by atoms with Gasteiger partial charge in [-0.2, -0.15) is 0 Å². The van der Waals surface area contributed by atoms with Crippen molar-refractivity contribution in [3.05, 3.63) is 42.2 Å². The van der Waals surface area contributed by atoms with Gasteiger partial charge in [-0.25, -0.2) is 0 Å². The second-order valence-electron chi connectivity index (χ2n) is 4.63. The Labute approximate surface area is 142 Å². The van der Waals surface area contributed by atoms with Gasteiger partial charge in [-0.05, 0) is 30.3 Å². The van der Waals surface area contributed by atoms with E-state index < -0.39 is 0 Å². The number of hydrogen-bond donors (Lipinski definition) is 0. The Bertz CT molecular complexity index is 829. The molecule has 0 bridgehead atoms. The minimum atomic E-state index is -0.0845. The Morgan fingerprint density at radius 3 is 2.71 bits per heavy atom. The number of benzene rings is 1. The molecule has 0 spiro atoms. The van der Waals surface area contributed by atoms with Gasteiger partial charge in [0.2, 0.25) is 0 Å². The van der Waals surface area contributed by atoms with Gasteiger partial charge >= 0.3 is 0 Å². The Hall–Kier alpha value is -2.74. The summed E-state index contributed by atoms with van der Waals surface area (Å²) >= 11 is 1.16. The highest BCUT2D eigenvalue weighted by molar-refractivity contribution is 7.99. The molecule has 0 saturated heterocycles. The summed E-state index contributed by atoms with van der Waals surface area (Å²) in [5.74, 6) is 1.92. The fourth-order valence-corrected chi connectivity index (χ4v) is 2.65. The molecule has 24 heavy (non-hydrogen) atoms. The van der Waals surface area contributed by atoms with Gasteiger partial charge in [0.15, 0.2) is 23.0 Å². The van der Waals surface area contributed by atoms with Crippen LogP contribution in [0.15, 0.2) is 50.7 Å². The second kappa shape index (κ2) is 7.22. The molecule has 2 aromatic heterocycles. The first-order valence-corrected chi connectivity index (χ1v) is 7.95. The van der Waals surface area contributed by atoms with E-state index >= 15 is 0 Å². The number of furan rings is 1. The molecule has 0 saturated carbocycles. The molecular weight excluding hydrogens is 332 g/mol. The number of thioether (sulfide) groups is 1. The summed E-state index contributed by atoms with van der Waals surface area (Å²) in [5.41, 5.74) is 0.519. The molecule has 0 N–H and O–H groups in total. The highest BCUT2D eigenvalue weighted by atomic mass is 32.2. The van der Waals surface area contributed by atoms with Gasteiger partial charge in [0.25, 0.3) is 11.1 Å². The maximum absolute atomic E-state index is 12.3. The van der Waals surface area contributed by atoms with Gasteiger partial charge in [0.05, 0.1) is 26.2 Å². The van der Waals surface area contributed by atoms with Crippen molar-refractivity contribution in [2.24, 2.45) is 0 Å². The summed E-state index contributed by atoms with van der Waals surface area (Å²) in [6.07, 6.45) is 1.52. The van der Waals surface area contributed by atoms with Crippen molar-refractivity contribution in [1.29, 1.82) is 0 Å². The highest BCUT2D eigenvalue weighted by Gasteiger charge is 2.15.